The van der Waals surface area contributed by atoms with Crippen molar-refractivity contribution in [2.75, 3.05) is 0 Å². The molecule has 0 saturated carbocycles. The van der Waals surface area contributed by atoms with Gasteiger partial charge in [0.1, 0.15) is 11.5 Å². The summed E-state index contributed by atoms with van der Waals surface area (Å²) >= 11 is 0. The third-order valence-corrected chi connectivity index (χ3v) is 17.2. The Morgan fingerprint density at radius 3 is 1.06 bits per heavy atom. The topological polar surface area (TPSA) is 86.6 Å². The molecule has 7 nitrogen and oxygen atoms in total. The summed E-state index contributed by atoms with van der Waals surface area (Å²) in [5, 5.41) is 0. The van der Waals surface area contributed by atoms with Crippen LogP contribution in [0.2, 0.25) is 0 Å². The van der Waals surface area contributed by atoms with Crippen LogP contribution in [0.15, 0.2) is 267 Å². The second-order valence-corrected chi connectivity index (χ2v) is 21.6. The van der Waals surface area contributed by atoms with Crippen LogP contribution in [-0.4, -0.2) is 29.9 Å². The van der Waals surface area contributed by atoms with Gasteiger partial charge in [0.2, 0.25) is 0 Å². The predicted molar refractivity (Wildman–Crippen MR) is 323 cm³/mol. The van der Waals surface area contributed by atoms with Gasteiger partial charge in [-0.15, -0.1) is 0 Å². The molecule has 0 saturated heterocycles. The zero-order valence-corrected chi connectivity index (χ0v) is 44.1. The highest BCUT2D eigenvalue weighted by Crippen LogP contribution is 2.63. The van der Waals surface area contributed by atoms with Crippen LogP contribution in [0.1, 0.15) is 67.5 Å². The van der Waals surface area contributed by atoms with Crippen molar-refractivity contribution in [3.05, 3.63) is 323 Å². The van der Waals surface area contributed by atoms with E-state index in [0.29, 0.717) is 34.9 Å². The van der Waals surface area contributed by atoms with Gasteiger partial charge in [-0.2, -0.15) is 0 Å². The lowest BCUT2D eigenvalue weighted by Crippen LogP contribution is -2.32. The van der Waals surface area contributed by atoms with Crippen molar-refractivity contribution in [2.45, 2.75) is 17.3 Å². The number of para-hydroxylation sites is 2. The van der Waals surface area contributed by atoms with Crippen LogP contribution in [0, 0.1) is 0 Å². The van der Waals surface area contributed by atoms with E-state index in [4.69, 9.17) is 34.6 Å². The molecule has 82 heavy (non-hydrogen) atoms. The van der Waals surface area contributed by atoms with E-state index in [-0.39, 0.29) is 11.8 Å². The number of rotatable bonds is 7. The molecule has 1 spiro atoms. The number of hydrogen-bond acceptors (Lipinski definition) is 7. The van der Waals surface area contributed by atoms with Gasteiger partial charge in [0.15, 0.2) is 34.9 Å². The molecule has 2 unspecified atom stereocenters. The zero-order valence-electron chi connectivity index (χ0n) is 44.1. The highest BCUT2D eigenvalue weighted by atomic mass is 16.5. The molecule has 2 aromatic heterocycles. The summed E-state index contributed by atoms with van der Waals surface area (Å²) in [5.74, 6) is 5.56. The maximum absolute atomic E-state index is 6.62. The lowest BCUT2D eigenvalue weighted by Gasteiger charge is -2.42. The van der Waals surface area contributed by atoms with Crippen molar-refractivity contribution in [1.82, 2.24) is 29.9 Å². The van der Waals surface area contributed by atoms with E-state index in [0.717, 1.165) is 67.1 Å². The van der Waals surface area contributed by atoms with Gasteiger partial charge >= 0.3 is 0 Å². The number of aromatic nitrogens is 6. The SMILES string of the molecule is c1ccc(-c2nc(-c3ccccc3)nc(-c3ccc4c(c3)C3c5ccccc5C4c4cc(-c5nc(-c6ccccc6)nc(-c6ccc(-c7ccc8c(c7)C7(c9ccccc9Oc9ccccc97)c7ccccc7-8)cc6)n5)ccc43)n2)cc1. The Kier molecular flexibility index (Phi) is 10.2. The van der Waals surface area contributed by atoms with Crippen molar-refractivity contribution >= 4 is 0 Å². The first-order chi connectivity index (χ1) is 40.6. The minimum Gasteiger partial charge on any atom is -0.457 e. The lowest BCUT2D eigenvalue weighted by molar-refractivity contribution is 0.436. The van der Waals surface area contributed by atoms with Crippen molar-refractivity contribution < 1.29 is 4.74 Å². The van der Waals surface area contributed by atoms with Crippen LogP contribution in [0.3, 0.4) is 0 Å². The number of nitrogens with zero attached hydrogens (tertiary/aromatic N) is 6. The van der Waals surface area contributed by atoms with E-state index >= 15 is 0 Å². The molecular formula is C75H46N6O. The predicted octanol–water partition coefficient (Wildman–Crippen LogP) is 17.2. The first-order valence-corrected chi connectivity index (χ1v) is 27.9. The average Bonchev–Trinajstić information content (AvgIpc) is 3.10. The summed E-state index contributed by atoms with van der Waals surface area (Å²) in [6, 6.07) is 94.6. The van der Waals surface area contributed by atoms with Crippen LogP contribution in [0.4, 0.5) is 0 Å². The van der Waals surface area contributed by atoms with E-state index < -0.39 is 5.41 Å². The number of benzene rings is 11. The van der Waals surface area contributed by atoms with Crippen molar-refractivity contribution in [3.8, 4) is 102 Å². The fourth-order valence-corrected chi connectivity index (χ4v) is 13.6. The highest BCUT2D eigenvalue weighted by molar-refractivity contribution is 5.90. The van der Waals surface area contributed by atoms with Crippen LogP contribution in [0.5, 0.6) is 11.5 Å². The lowest BCUT2D eigenvalue weighted by atomic mass is 9.61. The molecule has 3 heterocycles. The molecule has 1 aliphatic heterocycles. The Bertz CT molecular complexity index is 4630. The normalized spacial score (nSPS) is 15.0. The Morgan fingerprint density at radius 1 is 0.232 bits per heavy atom. The van der Waals surface area contributed by atoms with Crippen LogP contribution in [0.25, 0.3) is 90.6 Å². The highest BCUT2D eigenvalue weighted by Gasteiger charge is 2.51. The number of fused-ring (bicyclic) bond motifs is 9. The summed E-state index contributed by atoms with van der Waals surface area (Å²) in [6.07, 6.45) is 0. The van der Waals surface area contributed by atoms with E-state index in [1.54, 1.807) is 0 Å². The van der Waals surface area contributed by atoms with Gasteiger partial charge in [-0.3, -0.25) is 0 Å². The molecule has 0 amide bonds. The van der Waals surface area contributed by atoms with Crippen molar-refractivity contribution in [3.63, 3.8) is 0 Å². The summed E-state index contributed by atoms with van der Waals surface area (Å²) in [7, 11) is 0. The first-order valence-electron chi connectivity index (χ1n) is 27.9. The smallest absolute Gasteiger partial charge is 0.164 e. The molecule has 18 rings (SSSR count). The van der Waals surface area contributed by atoms with Crippen molar-refractivity contribution in [1.29, 1.82) is 0 Å². The third-order valence-electron chi connectivity index (χ3n) is 17.2. The molecular weight excluding hydrogens is 1000 g/mol. The van der Waals surface area contributed by atoms with E-state index in [2.05, 4.69) is 212 Å². The number of ether oxygens (including phenoxy) is 1. The summed E-state index contributed by atoms with van der Waals surface area (Å²) in [4.78, 5) is 31.0. The largest absolute Gasteiger partial charge is 0.457 e. The Hall–Kier alpha value is -10.8. The van der Waals surface area contributed by atoms with E-state index in [9.17, 15) is 0 Å². The monoisotopic (exact) mass is 1050 g/mol. The summed E-state index contributed by atoms with van der Waals surface area (Å²) < 4.78 is 6.62. The Labute approximate surface area is 474 Å². The maximum Gasteiger partial charge on any atom is 0.164 e. The molecule has 382 valence electrons. The molecule has 5 aliphatic rings. The fraction of sp³-hybridized carbons (Fsp3) is 0.0400. The zero-order chi connectivity index (χ0) is 53.9. The summed E-state index contributed by atoms with van der Waals surface area (Å²) in [5.41, 5.74) is 22.3. The molecule has 0 N–H and O–H groups in total. The molecule has 7 heteroatoms. The Balaban J connectivity index is 0.750. The standard InChI is InChI=1S/C75H46N6O/c1-4-18-46(19-5-1)69-76-70(47-20-6-2-7-21-47)79-73(78-69)51-37-40-57-59(42-51)67-55-25-10-11-26-56(55)68(57)60-43-52(38-41-58(60)67)74-80-71(48-22-8-3-9-23-48)77-72(81-74)49-34-32-45(33-35-49)50-36-39-54-53-24-12-13-27-61(53)75(64(54)44-50)62-28-14-16-30-65(62)82-66-31-17-15-29-63(66)75/h1-44,67-68H. The van der Waals surface area contributed by atoms with Crippen LogP contribution in [-0.2, 0) is 5.41 Å². The average molecular weight is 1050 g/mol. The molecule has 13 aromatic rings. The van der Waals surface area contributed by atoms with Gasteiger partial charge in [0.05, 0.1) is 5.41 Å². The van der Waals surface area contributed by atoms with Gasteiger partial charge in [0, 0.05) is 56.3 Å². The molecule has 0 fully saturated rings. The van der Waals surface area contributed by atoms with Gasteiger partial charge in [-0.05, 0) is 97.1 Å². The molecule has 2 bridgehead atoms. The van der Waals surface area contributed by atoms with Crippen LogP contribution < -0.4 is 4.74 Å². The molecule has 0 radical (unpaired) electrons. The molecule has 2 atom stereocenters. The Morgan fingerprint density at radius 2 is 0.573 bits per heavy atom. The van der Waals surface area contributed by atoms with Gasteiger partial charge in [-0.1, -0.05) is 237 Å². The van der Waals surface area contributed by atoms with Gasteiger partial charge in [0.25, 0.3) is 0 Å². The van der Waals surface area contributed by atoms with Crippen LogP contribution >= 0.6 is 0 Å². The van der Waals surface area contributed by atoms with E-state index in [1.165, 1.54) is 55.6 Å². The third kappa shape index (κ3) is 7.02. The van der Waals surface area contributed by atoms with Gasteiger partial charge < -0.3 is 4.74 Å². The van der Waals surface area contributed by atoms with Crippen molar-refractivity contribution in [2.24, 2.45) is 0 Å². The first kappa shape index (κ1) is 46.2. The minimum atomic E-state index is -0.549. The second kappa shape index (κ2) is 18.1. The maximum atomic E-state index is 6.62. The summed E-state index contributed by atoms with van der Waals surface area (Å²) in [6.45, 7) is 0. The number of hydrogen-bond donors (Lipinski definition) is 0. The second-order valence-electron chi connectivity index (χ2n) is 21.6. The molecule has 4 aliphatic carbocycles. The molecule has 11 aromatic carbocycles. The fourth-order valence-electron chi connectivity index (χ4n) is 13.6. The quantitative estimate of drug-likeness (QED) is 0.157. The van der Waals surface area contributed by atoms with E-state index in [1.807, 2.05) is 54.6 Å². The van der Waals surface area contributed by atoms with Gasteiger partial charge in [-0.25, -0.2) is 29.9 Å². The minimum absolute atomic E-state index is 0.0000364.